The van der Waals surface area contributed by atoms with E-state index in [9.17, 15) is 27.6 Å². The molecule has 2 heterocycles. The number of halogens is 3. The van der Waals surface area contributed by atoms with Crippen LogP contribution >= 0.6 is 0 Å². The Morgan fingerprint density at radius 2 is 1.63 bits per heavy atom. The number of rotatable bonds is 9. The first-order valence-electron chi connectivity index (χ1n) is 15.3. The van der Waals surface area contributed by atoms with Gasteiger partial charge in [-0.3, -0.25) is 14.4 Å². The summed E-state index contributed by atoms with van der Waals surface area (Å²) < 4.78 is 40.3. The van der Waals surface area contributed by atoms with E-state index in [-0.39, 0.29) is 41.6 Å². The van der Waals surface area contributed by atoms with Crippen LogP contribution in [0.4, 0.5) is 24.5 Å². The molecular weight excluding hydrogens is 593 g/mol. The van der Waals surface area contributed by atoms with Crippen LogP contribution in [-0.2, 0) is 28.4 Å². The first kappa shape index (κ1) is 34.0. The second-order valence-corrected chi connectivity index (χ2v) is 11.3. The minimum absolute atomic E-state index is 0.0119. The van der Waals surface area contributed by atoms with Crippen LogP contribution in [0.15, 0.2) is 66.7 Å². The van der Waals surface area contributed by atoms with E-state index in [1.807, 2.05) is 34.6 Å². The Kier molecular flexibility index (Phi) is 10.4. The van der Waals surface area contributed by atoms with E-state index in [2.05, 4.69) is 20.9 Å². The summed E-state index contributed by atoms with van der Waals surface area (Å²) in [5, 5.41) is 8.71. The highest BCUT2D eigenvalue weighted by Crippen LogP contribution is 2.37. The molecular formula is C36H39F3N4O3. The third-order valence-corrected chi connectivity index (χ3v) is 8.02. The maximum absolute atomic E-state index is 13.5. The molecule has 1 aliphatic rings. The van der Waals surface area contributed by atoms with Crippen molar-refractivity contribution >= 4 is 29.1 Å². The van der Waals surface area contributed by atoms with Crippen molar-refractivity contribution in [3.8, 4) is 0 Å². The minimum atomic E-state index is -2.95. The predicted octanol–water partition coefficient (Wildman–Crippen LogP) is 7.86. The molecule has 1 aromatic heterocycles. The van der Waals surface area contributed by atoms with Crippen LogP contribution in [-0.4, -0.2) is 22.7 Å². The molecule has 1 aliphatic heterocycles. The molecule has 242 valence electrons. The lowest BCUT2D eigenvalue weighted by Crippen LogP contribution is -2.26. The molecule has 0 radical (unpaired) electrons. The van der Waals surface area contributed by atoms with E-state index < -0.39 is 11.8 Å². The number of alkyl halides is 2. The number of amides is 3. The maximum atomic E-state index is 13.5. The van der Waals surface area contributed by atoms with Crippen molar-refractivity contribution in [1.29, 1.82) is 0 Å². The van der Waals surface area contributed by atoms with Crippen LogP contribution in [0.5, 0.6) is 0 Å². The Bertz CT molecular complexity index is 1730. The van der Waals surface area contributed by atoms with Gasteiger partial charge in [0, 0.05) is 41.5 Å². The van der Waals surface area contributed by atoms with Gasteiger partial charge in [0.2, 0.25) is 11.8 Å². The quantitative estimate of drug-likeness (QED) is 0.151. The first-order chi connectivity index (χ1) is 21.8. The SMILES string of the molecule is CC.Cc1[nH]c(CC2C(=O)Nc3ccc(C(=O)NC(C)c4ccc(F)cc4)cc32)c(C)c1NC(=O)Cc1ccc(C(C)(F)F)cc1. The molecule has 46 heavy (non-hydrogen) atoms. The zero-order valence-electron chi connectivity index (χ0n) is 26.8. The summed E-state index contributed by atoms with van der Waals surface area (Å²) in [5.74, 6) is -4.70. The molecule has 0 spiro atoms. The van der Waals surface area contributed by atoms with Crippen molar-refractivity contribution in [2.45, 2.75) is 72.3 Å². The Morgan fingerprint density at radius 3 is 2.26 bits per heavy atom. The zero-order chi connectivity index (χ0) is 33.8. The molecule has 2 atom stereocenters. The van der Waals surface area contributed by atoms with Gasteiger partial charge in [-0.2, -0.15) is 0 Å². The van der Waals surface area contributed by atoms with Crippen LogP contribution in [0, 0.1) is 19.7 Å². The fourth-order valence-corrected chi connectivity index (χ4v) is 5.48. The van der Waals surface area contributed by atoms with E-state index in [1.54, 1.807) is 30.3 Å². The van der Waals surface area contributed by atoms with Gasteiger partial charge in [-0.25, -0.2) is 13.2 Å². The van der Waals surface area contributed by atoms with Gasteiger partial charge in [0.05, 0.1) is 24.1 Å². The van der Waals surface area contributed by atoms with Crippen molar-refractivity contribution < 1.29 is 27.6 Å². The van der Waals surface area contributed by atoms with Gasteiger partial charge in [-0.1, -0.05) is 50.2 Å². The third-order valence-electron chi connectivity index (χ3n) is 8.02. The Morgan fingerprint density at radius 1 is 0.978 bits per heavy atom. The molecule has 7 nitrogen and oxygen atoms in total. The number of hydrogen-bond donors (Lipinski definition) is 4. The number of aromatic amines is 1. The number of hydrogen-bond acceptors (Lipinski definition) is 3. The van der Waals surface area contributed by atoms with Gasteiger partial charge in [-0.15, -0.1) is 0 Å². The number of carbonyl (C=O) groups excluding carboxylic acids is 3. The topological polar surface area (TPSA) is 103 Å². The summed E-state index contributed by atoms with van der Waals surface area (Å²) in [7, 11) is 0. The highest BCUT2D eigenvalue weighted by molar-refractivity contribution is 6.05. The van der Waals surface area contributed by atoms with Crippen LogP contribution in [0.1, 0.15) is 89.2 Å². The lowest BCUT2D eigenvalue weighted by Gasteiger charge is -2.15. The van der Waals surface area contributed by atoms with Crippen LogP contribution < -0.4 is 16.0 Å². The number of aryl methyl sites for hydroxylation is 1. The molecule has 10 heteroatoms. The normalized spacial score (nSPS) is 14.5. The molecule has 3 aromatic carbocycles. The molecule has 4 N–H and O–H groups in total. The monoisotopic (exact) mass is 632 g/mol. The average Bonchev–Trinajstić information content (AvgIpc) is 3.47. The number of aromatic nitrogens is 1. The lowest BCUT2D eigenvalue weighted by atomic mass is 9.93. The van der Waals surface area contributed by atoms with Crippen molar-refractivity contribution in [2.24, 2.45) is 0 Å². The Balaban J connectivity index is 0.00000235. The third kappa shape index (κ3) is 7.67. The van der Waals surface area contributed by atoms with Crippen LogP contribution in [0.3, 0.4) is 0 Å². The number of anilines is 2. The zero-order valence-corrected chi connectivity index (χ0v) is 26.8. The standard InChI is InChI=1S/C34H33F3N4O3.C2H6/c1-18-29(38-20(3)31(18)41-30(42)15-21-5-10-24(11-6-21)34(4,36)37)17-27-26-16-23(9-14-28(26)40-33(27)44)32(43)39-19(2)22-7-12-25(35)13-8-22;1-2/h5-14,16,19,27,38H,15,17H2,1-4H3,(H,39,43)(H,40,44)(H,41,42);1-2H3. The molecule has 5 rings (SSSR count). The van der Waals surface area contributed by atoms with Crippen LogP contribution in [0.2, 0.25) is 0 Å². The molecule has 0 saturated carbocycles. The molecule has 2 unspecified atom stereocenters. The first-order valence-corrected chi connectivity index (χ1v) is 15.3. The number of nitrogens with one attached hydrogen (secondary N) is 4. The van der Waals surface area contributed by atoms with Crippen molar-refractivity contribution in [2.75, 3.05) is 10.6 Å². The average molecular weight is 633 g/mol. The number of fused-ring (bicyclic) bond motifs is 1. The smallest absolute Gasteiger partial charge is 0.270 e. The Hall–Kier alpha value is -4.86. The number of H-pyrrole nitrogens is 1. The second kappa shape index (κ2) is 14.1. The van der Waals surface area contributed by atoms with Crippen molar-refractivity contribution in [1.82, 2.24) is 10.3 Å². The van der Waals surface area contributed by atoms with Crippen molar-refractivity contribution in [3.63, 3.8) is 0 Å². The van der Waals surface area contributed by atoms with Gasteiger partial charge in [-0.05, 0) is 73.4 Å². The van der Waals surface area contributed by atoms with Gasteiger partial charge >= 0.3 is 0 Å². The van der Waals surface area contributed by atoms with E-state index in [0.29, 0.717) is 40.2 Å². The summed E-state index contributed by atoms with van der Waals surface area (Å²) in [4.78, 5) is 42.2. The van der Waals surface area contributed by atoms with E-state index in [0.717, 1.165) is 23.7 Å². The summed E-state index contributed by atoms with van der Waals surface area (Å²) >= 11 is 0. The summed E-state index contributed by atoms with van der Waals surface area (Å²) in [5.41, 5.74) is 5.82. The van der Waals surface area contributed by atoms with Crippen molar-refractivity contribution in [3.05, 3.63) is 117 Å². The summed E-state index contributed by atoms with van der Waals surface area (Å²) in [6, 6.07) is 16.3. The fraction of sp³-hybridized carbons (Fsp3) is 0.306. The van der Waals surface area contributed by atoms with E-state index in [4.69, 9.17) is 0 Å². The highest BCUT2D eigenvalue weighted by atomic mass is 19.3. The number of carbonyl (C=O) groups is 3. The Labute approximate surface area is 267 Å². The van der Waals surface area contributed by atoms with E-state index in [1.165, 1.54) is 36.4 Å². The molecule has 0 aliphatic carbocycles. The number of benzene rings is 3. The highest BCUT2D eigenvalue weighted by Gasteiger charge is 2.33. The molecule has 4 aromatic rings. The largest absolute Gasteiger partial charge is 0.360 e. The molecule has 0 bridgehead atoms. The van der Waals surface area contributed by atoms with Gasteiger partial charge < -0.3 is 20.9 Å². The van der Waals surface area contributed by atoms with Gasteiger partial charge in [0.15, 0.2) is 0 Å². The second-order valence-electron chi connectivity index (χ2n) is 11.3. The van der Waals surface area contributed by atoms with Gasteiger partial charge in [0.1, 0.15) is 5.82 Å². The molecule has 0 fully saturated rings. The van der Waals surface area contributed by atoms with Crippen LogP contribution in [0.25, 0.3) is 0 Å². The molecule has 0 saturated heterocycles. The fourth-order valence-electron chi connectivity index (χ4n) is 5.48. The maximum Gasteiger partial charge on any atom is 0.270 e. The minimum Gasteiger partial charge on any atom is -0.360 e. The van der Waals surface area contributed by atoms with E-state index >= 15 is 0 Å². The van der Waals surface area contributed by atoms with Gasteiger partial charge in [0.25, 0.3) is 11.8 Å². The summed E-state index contributed by atoms with van der Waals surface area (Å²) in [6.45, 7) is 10.3. The molecule has 3 amide bonds. The lowest BCUT2D eigenvalue weighted by molar-refractivity contribution is -0.117. The predicted molar refractivity (Wildman–Crippen MR) is 174 cm³/mol. The summed E-state index contributed by atoms with van der Waals surface area (Å²) in [6.07, 6.45) is 0.323.